The maximum atomic E-state index is 14.8. The van der Waals surface area contributed by atoms with Crippen molar-refractivity contribution in [3.8, 4) is 5.75 Å². The summed E-state index contributed by atoms with van der Waals surface area (Å²) in [6.45, 7) is 16.1. The number of phenols is 1. The smallest absolute Gasteiger partial charge is 0.408 e. The van der Waals surface area contributed by atoms with Gasteiger partial charge in [-0.1, -0.05) is 79.2 Å². The Hall–Kier alpha value is -4.86. The van der Waals surface area contributed by atoms with Crippen LogP contribution in [0.25, 0.3) is 0 Å². The highest BCUT2D eigenvalue weighted by Gasteiger charge is 2.40. The zero-order valence-electron chi connectivity index (χ0n) is 30.8. The zero-order valence-corrected chi connectivity index (χ0v) is 30.8. The normalized spacial score (nSPS) is 14.0. The number of phenolic OH excluding ortho intramolecular Hbond substituents is 1. The molecule has 0 heterocycles. The van der Waals surface area contributed by atoms with Gasteiger partial charge in [0.15, 0.2) is 0 Å². The largest absolute Gasteiger partial charge is 0.508 e. The molecule has 0 bridgehead atoms. The number of nitrogens with zero attached hydrogens (tertiary/aromatic N) is 1. The average Bonchev–Trinajstić information content (AvgIpc) is 3.02. The van der Waals surface area contributed by atoms with Crippen LogP contribution in [0.1, 0.15) is 90.1 Å². The van der Waals surface area contributed by atoms with Crippen LogP contribution in [0.15, 0.2) is 78.9 Å². The molecule has 3 aromatic carbocycles. The minimum Gasteiger partial charge on any atom is -0.508 e. The van der Waals surface area contributed by atoms with Gasteiger partial charge in [0.2, 0.25) is 11.8 Å². The van der Waals surface area contributed by atoms with Crippen LogP contribution in [0.2, 0.25) is 0 Å². The Morgan fingerprint density at radius 2 is 1.28 bits per heavy atom. The molecule has 3 amide bonds. The number of aryl methyl sites for hydroxylation is 1. The molecule has 3 rings (SSSR count). The fourth-order valence-corrected chi connectivity index (χ4v) is 5.35. The van der Waals surface area contributed by atoms with E-state index in [1.807, 2.05) is 63.2 Å². The van der Waals surface area contributed by atoms with Gasteiger partial charge in [0.25, 0.3) is 0 Å². The third-order valence-corrected chi connectivity index (χ3v) is 7.90. The van der Waals surface area contributed by atoms with Crippen molar-refractivity contribution in [3.05, 3.63) is 101 Å². The lowest BCUT2D eigenvalue weighted by Crippen LogP contribution is -2.57. The van der Waals surface area contributed by atoms with Crippen LogP contribution in [0, 0.1) is 6.92 Å². The van der Waals surface area contributed by atoms with Crippen LogP contribution in [0.4, 0.5) is 4.79 Å². The van der Waals surface area contributed by atoms with E-state index in [9.17, 15) is 24.3 Å². The molecule has 0 aromatic heterocycles. The van der Waals surface area contributed by atoms with Crippen molar-refractivity contribution in [3.63, 3.8) is 0 Å². The van der Waals surface area contributed by atoms with Gasteiger partial charge in [-0.05, 0) is 90.6 Å². The summed E-state index contributed by atoms with van der Waals surface area (Å²) in [5.74, 6) is -1.63. The van der Waals surface area contributed by atoms with Gasteiger partial charge in [-0.15, -0.1) is 0 Å². The molecule has 0 aliphatic carbocycles. The molecule has 0 saturated heterocycles. The molecule has 270 valence electrons. The third-order valence-electron chi connectivity index (χ3n) is 7.90. The molecule has 0 radical (unpaired) electrons. The molecule has 0 fully saturated rings. The number of aromatic hydroxyl groups is 1. The van der Waals surface area contributed by atoms with Crippen molar-refractivity contribution in [2.24, 2.45) is 0 Å². The van der Waals surface area contributed by atoms with E-state index >= 15 is 0 Å². The van der Waals surface area contributed by atoms with Crippen LogP contribution in [0.5, 0.6) is 5.75 Å². The number of carbonyl (C=O) groups is 4. The predicted octanol–water partition coefficient (Wildman–Crippen LogP) is 6.57. The Morgan fingerprint density at radius 1 is 0.740 bits per heavy atom. The van der Waals surface area contributed by atoms with E-state index in [1.165, 1.54) is 17.0 Å². The number of ether oxygens (including phenoxy) is 2. The SMILES string of the molecule is CCC(C)N(C(=O)C(Cc1ccc(O)cc1)NC(=O)OC(C)(C)C)C(C(=O)NC(Cc1ccccc1)C(=O)OC(C)(C)C)c1ccc(C)cc1. The van der Waals surface area contributed by atoms with E-state index in [2.05, 4.69) is 10.6 Å². The lowest BCUT2D eigenvalue weighted by Gasteiger charge is -2.39. The summed E-state index contributed by atoms with van der Waals surface area (Å²) in [5, 5.41) is 15.6. The molecule has 0 aliphatic rings. The molecule has 0 saturated carbocycles. The molecule has 4 atom stereocenters. The molecule has 10 nitrogen and oxygen atoms in total. The van der Waals surface area contributed by atoms with E-state index < -0.39 is 59.2 Å². The summed E-state index contributed by atoms with van der Waals surface area (Å²) in [5.41, 5.74) is 1.35. The predicted molar refractivity (Wildman–Crippen MR) is 193 cm³/mol. The van der Waals surface area contributed by atoms with Crippen LogP contribution in [-0.2, 0) is 36.7 Å². The highest BCUT2D eigenvalue weighted by atomic mass is 16.6. The van der Waals surface area contributed by atoms with E-state index in [1.54, 1.807) is 65.8 Å². The Bertz CT molecular complexity index is 1580. The zero-order chi connectivity index (χ0) is 37.2. The van der Waals surface area contributed by atoms with Gasteiger partial charge in [0.1, 0.15) is 35.1 Å². The average molecular weight is 688 g/mol. The highest BCUT2D eigenvalue weighted by Crippen LogP contribution is 2.28. The molecular formula is C40H53N3O7. The van der Waals surface area contributed by atoms with Crippen molar-refractivity contribution in [2.45, 2.75) is 117 Å². The van der Waals surface area contributed by atoms with Gasteiger partial charge in [-0.3, -0.25) is 9.59 Å². The van der Waals surface area contributed by atoms with E-state index in [0.717, 1.165) is 11.1 Å². The standard InChI is InChI=1S/C40H53N3O7/c1-10-27(3)43(36(46)32(42-38(48)50-40(7,8)9)24-29-18-22-31(44)23-19-29)34(30-20-16-26(2)17-21-30)35(45)41-33(37(47)49-39(4,5)6)25-28-14-12-11-13-15-28/h11-23,27,32-34,44H,10,24-25H2,1-9H3,(H,41,45)(H,42,48). The van der Waals surface area contributed by atoms with Crippen molar-refractivity contribution in [2.75, 3.05) is 0 Å². The van der Waals surface area contributed by atoms with Gasteiger partial charge in [-0.2, -0.15) is 0 Å². The molecule has 4 unspecified atom stereocenters. The first-order chi connectivity index (χ1) is 23.4. The summed E-state index contributed by atoms with van der Waals surface area (Å²) < 4.78 is 11.3. The maximum Gasteiger partial charge on any atom is 0.408 e. The van der Waals surface area contributed by atoms with Gasteiger partial charge < -0.3 is 30.1 Å². The Labute approximate surface area is 296 Å². The summed E-state index contributed by atoms with van der Waals surface area (Å²) in [6.07, 6.45) is -0.0763. The first-order valence-corrected chi connectivity index (χ1v) is 17.1. The van der Waals surface area contributed by atoms with E-state index in [4.69, 9.17) is 9.47 Å². The second-order valence-electron chi connectivity index (χ2n) is 14.7. The molecule has 3 aromatic rings. The number of esters is 1. The van der Waals surface area contributed by atoms with Gasteiger partial charge in [0, 0.05) is 18.9 Å². The van der Waals surface area contributed by atoms with Crippen LogP contribution < -0.4 is 10.6 Å². The number of hydrogen-bond donors (Lipinski definition) is 3. The fourth-order valence-electron chi connectivity index (χ4n) is 5.35. The lowest BCUT2D eigenvalue weighted by molar-refractivity contribution is -0.159. The molecule has 0 aliphatic heterocycles. The summed E-state index contributed by atoms with van der Waals surface area (Å²) in [7, 11) is 0. The minimum atomic E-state index is -1.18. The number of carbonyl (C=O) groups excluding carboxylic acids is 4. The molecular weight excluding hydrogens is 634 g/mol. The molecule has 10 heteroatoms. The van der Waals surface area contributed by atoms with E-state index in [0.29, 0.717) is 17.5 Å². The number of alkyl carbamates (subject to hydrolysis) is 1. The van der Waals surface area contributed by atoms with Crippen molar-refractivity contribution in [1.82, 2.24) is 15.5 Å². The Morgan fingerprint density at radius 3 is 1.82 bits per heavy atom. The fraction of sp³-hybridized carbons (Fsp3) is 0.450. The Balaban J connectivity index is 2.12. The summed E-state index contributed by atoms with van der Waals surface area (Å²) >= 11 is 0. The van der Waals surface area contributed by atoms with Crippen molar-refractivity contribution in [1.29, 1.82) is 0 Å². The number of amides is 3. The van der Waals surface area contributed by atoms with Crippen molar-refractivity contribution >= 4 is 23.9 Å². The quantitative estimate of drug-likeness (QED) is 0.173. The van der Waals surface area contributed by atoms with Crippen LogP contribution in [0.3, 0.4) is 0 Å². The molecule has 3 N–H and O–H groups in total. The maximum absolute atomic E-state index is 14.8. The second kappa shape index (κ2) is 17.2. The second-order valence-corrected chi connectivity index (χ2v) is 14.7. The Kier molecular flexibility index (Phi) is 13.6. The topological polar surface area (TPSA) is 134 Å². The highest BCUT2D eigenvalue weighted by molar-refractivity contribution is 5.94. The minimum absolute atomic E-state index is 0.0576. The number of rotatable bonds is 13. The lowest BCUT2D eigenvalue weighted by atomic mass is 9.96. The van der Waals surface area contributed by atoms with Crippen molar-refractivity contribution < 1.29 is 33.8 Å². The number of nitrogens with one attached hydrogen (secondary N) is 2. The summed E-state index contributed by atoms with van der Waals surface area (Å²) in [6, 6.07) is 19.1. The molecule has 50 heavy (non-hydrogen) atoms. The van der Waals surface area contributed by atoms with Crippen LogP contribution in [-0.4, -0.2) is 63.2 Å². The van der Waals surface area contributed by atoms with E-state index in [-0.39, 0.29) is 18.6 Å². The number of benzene rings is 3. The van der Waals surface area contributed by atoms with Gasteiger partial charge >= 0.3 is 12.1 Å². The monoisotopic (exact) mass is 687 g/mol. The first-order valence-electron chi connectivity index (χ1n) is 17.1. The molecule has 0 spiro atoms. The third kappa shape index (κ3) is 12.2. The summed E-state index contributed by atoms with van der Waals surface area (Å²) in [4.78, 5) is 57.7. The van der Waals surface area contributed by atoms with Gasteiger partial charge in [-0.25, -0.2) is 9.59 Å². The first kappa shape index (κ1) is 39.6. The van der Waals surface area contributed by atoms with Gasteiger partial charge in [0.05, 0.1) is 0 Å². The number of hydrogen-bond acceptors (Lipinski definition) is 7. The van der Waals surface area contributed by atoms with Crippen LogP contribution >= 0.6 is 0 Å².